The minimum atomic E-state index is -5.08. The zero-order chi connectivity index (χ0) is 22.6. The number of alkyl halides is 3. The van der Waals surface area contributed by atoms with Gasteiger partial charge in [-0.05, 0) is 45.0 Å². The summed E-state index contributed by atoms with van der Waals surface area (Å²) < 4.78 is 35.4. The van der Waals surface area contributed by atoms with Crippen LogP contribution in [0.4, 0.5) is 18.9 Å². The van der Waals surface area contributed by atoms with E-state index in [2.05, 4.69) is 15.4 Å². The lowest BCUT2D eigenvalue weighted by Crippen LogP contribution is -2.21. The van der Waals surface area contributed by atoms with Gasteiger partial charge in [-0.25, -0.2) is 9.78 Å². The second-order valence-corrected chi connectivity index (χ2v) is 6.39. The second-order valence-electron chi connectivity index (χ2n) is 6.39. The molecule has 0 aliphatic heterocycles. The molecule has 0 unspecified atom stereocenters. The van der Waals surface area contributed by atoms with Gasteiger partial charge in [0.15, 0.2) is 0 Å². The Kier molecular flexibility index (Phi) is 6.65. The summed E-state index contributed by atoms with van der Waals surface area (Å²) in [5, 5.41) is 14.2. The summed E-state index contributed by atoms with van der Waals surface area (Å²) >= 11 is 0. The smallest absolute Gasteiger partial charge is 0.475 e. The zero-order valence-electron chi connectivity index (χ0n) is 16.7. The van der Waals surface area contributed by atoms with E-state index in [0.29, 0.717) is 11.3 Å². The van der Waals surface area contributed by atoms with Crippen molar-refractivity contribution >= 4 is 17.6 Å². The summed E-state index contributed by atoms with van der Waals surface area (Å²) in [6.45, 7) is 5.84. The topological polar surface area (TPSA) is 102 Å². The first-order chi connectivity index (χ1) is 13.9. The molecular formula is C19H20F3N5O3. The molecule has 8 nitrogen and oxygen atoms in total. The number of aliphatic carboxylic acids is 1. The first-order valence-electron chi connectivity index (χ1n) is 8.63. The Balaban J connectivity index is 0.000000396. The monoisotopic (exact) mass is 423 g/mol. The van der Waals surface area contributed by atoms with Crippen LogP contribution in [-0.4, -0.2) is 42.5 Å². The number of carboxylic acid groups (broad SMARTS) is 1. The van der Waals surface area contributed by atoms with Gasteiger partial charge in [0.25, 0.3) is 5.91 Å². The maximum atomic E-state index is 12.3. The first kappa shape index (κ1) is 22.7. The molecular weight excluding hydrogens is 403 g/mol. The predicted octanol–water partition coefficient (Wildman–Crippen LogP) is 3.42. The Bertz CT molecular complexity index is 1050. The molecule has 0 saturated carbocycles. The Labute approximate surface area is 170 Å². The highest BCUT2D eigenvalue weighted by molar-refractivity contribution is 6.04. The highest BCUT2D eigenvalue weighted by Gasteiger charge is 2.38. The summed E-state index contributed by atoms with van der Waals surface area (Å²) in [6, 6.07) is 7.68. The number of halogens is 3. The fourth-order valence-electron chi connectivity index (χ4n) is 2.49. The number of carboxylic acids is 1. The first-order valence-corrected chi connectivity index (χ1v) is 8.63. The van der Waals surface area contributed by atoms with E-state index in [1.807, 2.05) is 49.6 Å². The van der Waals surface area contributed by atoms with Crippen molar-refractivity contribution in [1.82, 2.24) is 19.3 Å². The van der Waals surface area contributed by atoms with E-state index in [0.717, 1.165) is 22.8 Å². The Morgan fingerprint density at radius 1 is 1.07 bits per heavy atom. The van der Waals surface area contributed by atoms with Crippen LogP contribution in [0.5, 0.6) is 0 Å². The number of amides is 1. The van der Waals surface area contributed by atoms with E-state index >= 15 is 0 Å². The lowest BCUT2D eigenvalue weighted by Gasteiger charge is -2.08. The van der Waals surface area contributed by atoms with Gasteiger partial charge >= 0.3 is 12.1 Å². The van der Waals surface area contributed by atoms with Gasteiger partial charge in [0.05, 0.1) is 23.3 Å². The van der Waals surface area contributed by atoms with Crippen LogP contribution in [0, 0.1) is 20.8 Å². The third-order valence-electron chi connectivity index (χ3n) is 4.16. The fourth-order valence-corrected chi connectivity index (χ4v) is 2.49. The van der Waals surface area contributed by atoms with Crippen molar-refractivity contribution in [3.63, 3.8) is 0 Å². The summed E-state index contributed by atoms with van der Waals surface area (Å²) in [7, 11) is 1.80. The molecule has 0 spiro atoms. The highest BCUT2D eigenvalue weighted by Crippen LogP contribution is 2.18. The number of benzene rings is 1. The number of aromatic nitrogens is 4. The molecule has 0 bridgehead atoms. The van der Waals surface area contributed by atoms with Crippen LogP contribution in [0.3, 0.4) is 0 Å². The highest BCUT2D eigenvalue weighted by atomic mass is 19.4. The number of hydrogen-bond donors (Lipinski definition) is 2. The third-order valence-corrected chi connectivity index (χ3v) is 4.16. The van der Waals surface area contributed by atoms with Crippen LogP contribution >= 0.6 is 0 Å². The second kappa shape index (κ2) is 8.80. The standard InChI is InChI=1S/C17H19N5O.C2HF3O2/c1-11-13(3)22(10-18-11)15-7-5-14(6-8-15)19-17(23)16-9-21(4)20-12(16)2;3-2(4,5)1(6)7/h5-10H,1-4H3,(H,19,23);(H,6,7). The third kappa shape index (κ3) is 5.46. The van der Waals surface area contributed by atoms with Gasteiger partial charge in [-0.15, -0.1) is 0 Å². The average Bonchev–Trinajstić information content (AvgIpc) is 3.17. The molecule has 0 aliphatic carbocycles. The van der Waals surface area contributed by atoms with Crippen LogP contribution < -0.4 is 5.32 Å². The van der Waals surface area contributed by atoms with E-state index in [1.165, 1.54) is 0 Å². The maximum absolute atomic E-state index is 12.3. The van der Waals surface area contributed by atoms with Gasteiger partial charge < -0.3 is 15.0 Å². The Hall–Kier alpha value is -3.63. The van der Waals surface area contributed by atoms with Crippen molar-refractivity contribution in [2.45, 2.75) is 26.9 Å². The number of carbonyl (C=O) groups excluding carboxylic acids is 1. The molecule has 11 heteroatoms. The average molecular weight is 423 g/mol. The van der Waals surface area contributed by atoms with Gasteiger partial charge in [0, 0.05) is 30.3 Å². The molecule has 1 aromatic carbocycles. The van der Waals surface area contributed by atoms with E-state index in [9.17, 15) is 18.0 Å². The SMILES string of the molecule is Cc1nn(C)cc1C(=O)Nc1ccc(-n2cnc(C)c2C)cc1.O=C(O)C(F)(F)F. The molecule has 0 saturated heterocycles. The largest absolute Gasteiger partial charge is 0.490 e. The number of hydrogen-bond acceptors (Lipinski definition) is 4. The van der Waals surface area contributed by atoms with E-state index in [4.69, 9.17) is 9.90 Å². The fraction of sp³-hybridized carbons (Fsp3) is 0.263. The Morgan fingerprint density at radius 2 is 1.63 bits per heavy atom. The van der Waals surface area contributed by atoms with Crippen LogP contribution in [0.25, 0.3) is 5.69 Å². The lowest BCUT2D eigenvalue weighted by atomic mass is 10.2. The van der Waals surface area contributed by atoms with Crippen molar-refractivity contribution < 1.29 is 27.9 Å². The number of rotatable bonds is 3. The molecule has 2 heterocycles. The molecule has 2 N–H and O–H groups in total. The van der Waals surface area contributed by atoms with E-state index in [-0.39, 0.29) is 5.91 Å². The minimum Gasteiger partial charge on any atom is -0.475 e. The predicted molar refractivity (Wildman–Crippen MR) is 103 cm³/mol. The number of anilines is 1. The van der Waals surface area contributed by atoms with Crippen molar-refractivity contribution in [2.24, 2.45) is 7.05 Å². The summed E-state index contributed by atoms with van der Waals surface area (Å²) in [4.78, 5) is 25.5. The van der Waals surface area contributed by atoms with Crippen LogP contribution in [0.15, 0.2) is 36.8 Å². The molecule has 30 heavy (non-hydrogen) atoms. The van der Waals surface area contributed by atoms with Gasteiger partial charge in [-0.3, -0.25) is 9.48 Å². The van der Waals surface area contributed by atoms with Gasteiger partial charge in [0.2, 0.25) is 0 Å². The van der Waals surface area contributed by atoms with Gasteiger partial charge in [-0.2, -0.15) is 18.3 Å². The Morgan fingerprint density at radius 3 is 2.03 bits per heavy atom. The molecule has 1 amide bonds. The summed E-state index contributed by atoms with van der Waals surface area (Å²) in [5.41, 5.74) is 5.17. The van der Waals surface area contributed by atoms with Crippen molar-refractivity contribution in [2.75, 3.05) is 5.32 Å². The number of imidazole rings is 1. The molecule has 0 aliphatic rings. The zero-order valence-corrected chi connectivity index (χ0v) is 16.7. The van der Waals surface area contributed by atoms with Crippen LogP contribution in [0.2, 0.25) is 0 Å². The normalized spacial score (nSPS) is 10.9. The molecule has 160 valence electrons. The van der Waals surface area contributed by atoms with Crippen molar-refractivity contribution in [1.29, 1.82) is 0 Å². The molecule has 3 aromatic rings. The maximum Gasteiger partial charge on any atom is 0.490 e. The van der Waals surface area contributed by atoms with Crippen LogP contribution in [-0.2, 0) is 11.8 Å². The number of carbonyl (C=O) groups is 2. The summed E-state index contributed by atoms with van der Waals surface area (Å²) in [6.07, 6.45) is -1.56. The summed E-state index contributed by atoms with van der Waals surface area (Å²) in [5.74, 6) is -2.91. The number of nitrogens with zero attached hydrogens (tertiary/aromatic N) is 4. The molecule has 0 atom stereocenters. The quantitative estimate of drug-likeness (QED) is 0.672. The molecule has 3 rings (SSSR count). The van der Waals surface area contributed by atoms with Gasteiger partial charge in [0.1, 0.15) is 0 Å². The number of aryl methyl sites for hydroxylation is 3. The van der Waals surface area contributed by atoms with E-state index in [1.54, 1.807) is 24.3 Å². The molecule has 0 radical (unpaired) electrons. The lowest BCUT2D eigenvalue weighted by molar-refractivity contribution is -0.192. The van der Waals surface area contributed by atoms with Crippen LogP contribution in [0.1, 0.15) is 27.4 Å². The van der Waals surface area contributed by atoms with Crippen molar-refractivity contribution in [3.8, 4) is 5.69 Å². The minimum absolute atomic E-state index is 0.155. The molecule has 0 fully saturated rings. The van der Waals surface area contributed by atoms with Gasteiger partial charge in [-0.1, -0.05) is 0 Å². The van der Waals surface area contributed by atoms with Crippen molar-refractivity contribution in [3.05, 3.63) is 59.4 Å². The number of nitrogens with one attached hydrogen (secondary N) is 1. The van der Waals surface area contributed by atoms with E-state index < -0.39 is 12.1 Å². The molecule has 2 aromatic heterocycles.